The van der Waals surface area contributed by atoms with Crippen LogP contribution in [-0.4, -0.2) is 6.41 Å². The average molecular weight is 166 g/mol. The van der Waals surface area contributed by atoms with Crippen molar-refractivity contribution in [3.63, 3.8) is 0 Å². The summed E-state index contributed by atoms with van der Waals surface area (Å²) in [5.41, 5.74) is 7.25. The van der Waals surface area contributed by atoms with E-state index in [9.17, 15) is 4.79 Å². The van der Waals surface area contributed by atoms with Crippen molar-refractivity contribution in [2.45, 2.75) is 14.0 Å². The van der Waals surface area contributed by atoms with Crippen molar-refractivity contribution in [3.8, 4) is 0 Å². The van der Waals surface area contributed by atoms with Crippen molar-refractivity contribution < 1.29 is 4.79 Å². The molecule has 1 aromatic rings. The molecule has 0 heterocycles. The third-order valence-electron chi connectivity index (χ3n) is 1.37. The number of carbonyl (C=O) groups excluding carboxylic acids is 1. The molecular formula is C9H14N2O. The Hall–Kier alpha value is -1.51. The molecule has 1 rings (SSSR count). The molecule has 0 radical (unpaired) electrons. The van der Waals surface area contributed by atoms with E-state index in [1.165, 1.54) is 0 Å². The standard InChI is InChI=1S/C8H10N2O.CH4/c9-8-3-1-7(2-4-8)5-10-6-11;/h1-4,6H,5,9H2,(H,10,11);1H4. The van der Waals surface area contributed by atoms with Crippen LogP contribution in [0.1, 0.15) is 13.0 Å². The van der Waals surface area contributed by atoms with Crippen LogP contribution in [0.3, 0.4) is 0 Å². The maximum absolute atomic E-state index is 9.91. The number of nitrogens with one attached hydrogen (secondary N) is 1. The zero-order valence-corrected chi connectivity index (χ0v) is 6.08. The Morgan fingerprint density at radius 1 is 1.33 bits per heavy atom. The van der Waals surface area contributed by atoms with Crippen LogP contribution in [0.15, 0.2) is 24.3 Å². The van der Waals surface area contributed by atoms with Gasteiger partial charge in [-0.05, 0) is 17.7 Å². The van der Waals surface area contributed by atoms with E-state index in [1.54, 1.807) is 0 Å². The second-order valence-electron chi connectivity index (χ2n) is 2.24. The molecule has 1 aromatic carbocycles. The molecule has 66 valence electrons. The predicted molar refractivity (Wildman–Crippen MR) is 50.5 cm³/mol. The summed E-state index contributed by atoms with van der Waals surface area (Å²) in [6, 6.07) is 7.38. The van der Waals surface area contributed by atoms with Crippen molar-refractivity contribution in [1.29, 1.82) is 0 Å². The van der Waals surface area contributed by atoms with Gasteiger partial charge in [-0.1, -0.05) is 19.6 Å². The van der Waals surface area contributed by atoms with Crippen molar-refractivity contribution in [3.05, 3.63) is 29.8 Å². The molecule has 1 amide bonds. The Morgan fingerprint density at radius 2 is 1.92 bits per heavy atom. The minimum absolute atomic E-state index is 0. The van der Waals surface area contributed by atoms with Crippen LogP contribution in [0.4, 0.5) is 5.69 Å². The molecule has 0 aliphatic carbocycles. The van der Waals surface area contributed by atoms with Crippen molar-refractivity contribution in [2.24, 2.45) is 0 Å². The Morgan fingerprint density at radius 3 is 2.42 bits per heavy atom. The van der Waals surface area contributed by atoms with E-state index in [1.807, 2.05) is 24.3 Å². The first-order valence-corrected chi connectivity index (χ1v) is 3.34. The first-order chi connectivity index (χ1) is 5.33. The number of benzene rings is 1. The monoisotopic (exact) mass is 166 g/mol. The van der Waals surface area contributed by atoms with Gasteiger partial charge in [0.25, 0.3) is 0 Å². The highest BCUT2D eigenvalue weighted by Crippen LogP contribution is 2.04. The number of amides is 1. The lowest BCUT2D eigenvalue weighted by Gasteiger charge is -1.98. The molecule has 0 saturated carbocycles. The number of carbonyl (C=O) groups is 1. The van der Waals surface area contributed by atoms with Crippen LogP contribution in [0.2, 0.25) is 0 Å². The number of nitrogen functional groups attached to an aromatic ring is 1. The molecule has 0 aliphatic heterocycles. The quantitative estimate of drug-likeness (QED) is 0.522. The Bertz CT molecular complexity index is 231. The molecular weight excluding hydrogens is 152 g/mol. The topological polar surface area (TPSA) is 55.1 Å². The molecule has 0 aromatic heterocycles. The van der Waals surface area contributed by atoms with Crippen LogP contribution in [-0.2, 0) is 11.3 Å². The molecule has 0 fully saturated rings. The Kier molecular flexibility index (Phi) is 4.53. The SMILES string of the molecule is C.Nc1ccc(CNC=O)cc1. The van der Waals surface area contributed by atoms with Crippen molar-refractivity contribution >= 4 is 12.1 Å². The summed E-state index contributed by atoms with van der Waals surface area (Å²) in [5, 5.41) is 2.56. The summed E-state index contributed by atoms with van der Waals surface area (Å²) in [6.07, 6.45) is 0.677. The lowest BCUT2D eigenvalue weighted by atomic mass is 10.2. The van der Waals surface area contributed by atoms with Crippen LogP contribution < -0.4 is 11.1 Å². The van der Waals surface area contributed by atoms with Gasteiger partial charge in [0.15, 0.2) is 0 Å². The Labute approximate surface area is 72.6 Å². The first kappa shape index (κ1) is 10.5. The lowest BCUT2D eigenvalue weighted by Crippen LogP contribution is -2.09. The van der Waals surface area contributed by atoms with Gasteiger partial charge < -0.3 is 11.1 Å². The highest BCUT2D eigenvalue weighted by atomic mass is 16.1. The zero-order chi connectivity index (χ0) is 8.10. The number of nitrogens with two attached hydrogens (primary N) is 1. The lowest BCUT2D eigenvalue weighted by molar-refractivity contribution is -0.109. The molecule has 0 unspecified atom stereocenters. The molecule has 0 bridgehead atoms. The normalized spacial score (nSPS) is 8.33. The maximum atomic E-state index is 9.91. The number of rotatable bonds is 3. The number of anilines is 1. The van der Waals surface area contributed by atoms with Crippen LogP contribution >= 0.6 is 0 Å². The van der Waals surface area contributed by atoms with E-state index in [-0.39, 0.29) is 7.43 Å². The van der Waals surface area contributed by atoms with Crippen LogP contribution in [0.25, 0.3) is 0 Å². The summed E-state index contributed by atoms with van der Waals surface area (Å²) in [4.78, 5) is 9.91. The van der Waals surface area contributed by atoms with Gasteiger partial charge in [-0.2, -0.15) is 0 Å². The van der Waals surface area contributed by atoms with Crippen LogP contribution in [0.5, 0.6) is 0 Å². The molecule has 0 saturated heterocycles. The van der Waals surface area contributed by atoms with Gasteiger partial charge >= 0.3 is 0 Å². The van der Waals surface area contributed by atoms with Crippen LogP contribution in [0, 0.1) is 0 Å². The van der Waals surface area contributed by atoms with E-state index >= 15 is 0 Å². The van der Waals surface area contributed by atoms with Gasteiger partial charge in [0.05, 0.1) is 0 Å². The minimum Gasteiger partial charge on any atom is -0.399 e. The molecule has 0 atom stereocenters. The zero-order valence-electron chi connectivity index (χ0n) is 6.08. The molecule has 3 nitrogen and oxygen atoms in total. The summed E-state index contributed by atoms with van der Waals surface area (Å²) in [5.74, 6) is 0. The fourth-order valence-electron chi connectivity index (χ4n) is 0.795. The Balaban J connectivity index is 0.00000121. The molecule has 0 aliphatic rings. The average Bonchev–Trinajstić information content (AvgIpc) is 2.04. The van der Waals surface area contributed by atoms with Crippen molar-refractivity contribution in [1.82, 2.24) is 5.32 Å². The van der Waals surface area contributed by atoms with Gasteiger partial charge in [-0.25, -0.2) is 0 Å². The summed E-state index contributed by atoms with van der Waals surface area (Å²) >= 11 is 0. The molecule has 0 spiro atoms. The van der Waals surface area contributed by atoms with E-state index in [4.69, 9.17) is 5.73 Å². The first-order valence-electron chi connectivity index (χ1n) is 3.34. The summed E-state index contributed by atoms with van der Waals surface area (Å²) < 4.78 is 0. The number of hydrogen-bond acceptors (Lipinski definition) is 2. The van der Waals surface area contributed by atoms with Gasteiger partial charge in [0.2, 0.25) is 6.41 Å². The minimum atomic E-state index is 0. The van der Waals surface area contributed by atoms with Gasteiger partial charge in [0.1, 0.15) is 0 Å². The number of hydrogen-bond donors (Lipinski definition) is 2. The second kappa shape index (κ2) is 5.18. The predicted octanol–water partition coefficient (Wildman–Crippen LogP) is 1.15. The van der Waals surface area contributed by atoms with Crippen molar-refractivity contribution in [2.75, 3.05) is 5.73 Å². The molecule has 3 N–H and O–H groups in total. The maximum Gasteiger partial charge on any atom is 0.207 e. The highest BCUT2D eigenvalue weighted by Gasteiger charge is 1.89. The third kappa shape index (κ3) is 3.05. The van der Waals surface area contributed by atoms with Gasteiger partial charge in [0, 0.05) is 12.2 Å². The third-order valence-corrected chi connectivity index (χ3v) is 1.37. The fraction of sp³-hybridized carbons (Fsp3) is 0.222. The van der Waals surface area contributed by atoms with E-state index in [2.05, 4.69) is 5.32 Å². The highest BCUT2D eigenvalue weighted by molar-refractivity contribution is 5.47. The smallest absolute Gasteiger partial charge is 0.207 e. The summed E-state index contributed by atoms with van der Waals surface area (Å²) in [6.45, 7) is 0.559. The van der Waals surface area contributed by atoms with E-state index in [0.717, 1.165) is 11.3 Å². The largest absolute Gasteiger partial charge is 0.399 e. The summed E-state index contributed by atoms with van der Waals surface area (Å²) in [7, 11) is 0. The van der Waals surface area contributed by atoms with Gasteiger partial charge in [-0.3, -0.25) is 4.79 Å². The van der Waals surface area contributed by atoms with E-state index in [0.29, 0.717) is 13.0 Å². The van der Waals surface area contributed by atoms with Gasteiger partial charge in [-0.15, -0.1) is 0 Å². The molecule has 3 heteroatoms. The fourth-order valence-corrected chi connectivity index (χ4v) is 0.795. The second-order valence-corrected chi connectivity index (χ2v) is 2.24. The molecule has 12 heavy (non-hydrogen) atoms. The van der Waals surface area contributed by atoms with E-state index < -0.39 is 0 Å².